The molecule has 144 valence electrons. The molecule has 2 heterocycles. The van der Waals surface area contributed by atoms with Crippen molar-refractivity contribution >= 4 is 29.5 Å². The van der Waals surface area contributed by atoms with Crippen molar-refractivity contribution in [2.24, 2.45) is 0 Å². The van der Waals surface area contributed by atoms with Crippen LogP contribution in [0.4, 0.5) is 0 Å². The quantitative estimate of drug-likeness (QED) is 0.596. The molecule has 1 aromatic carbocycles. The monoisotopic (exact) mass is 411 g/mol. The Labute approximate surface area is 173 Å². The predicted octanol–water partition coefficient (Wildman–Crippen LogP) is 4.71. The van der Waals surface area contributed by atoms with E-state index in [0.29, 0.717) is 22.7 Å². The Morgan fingerprint density at radius 2 is 2.07 bits per heavy atom. The number of aromatic amines is 1. The first kappa shape index (κ1) is 20.0. The van der Waals surface area contributed by atoms with E-state index >= 15 is 0 Å². The van der Waals surface area contributed by atoms with Crippen LogP contribution in [0.2, 0.25) is 0 Å². The Bertz CT molecular complexity index is 1040. The fraction of sp³-hybridized carbons (Fsp3) is 0.300. The van der Waals surface area contributed by atoms with Gasteiger partial charge in [0.05, 0.1) is 22.6 Å². The van der Waals surface area contributed by atoms with Crippen LogP contribution >= 0.6 is 23.6 Å². The summed E-state index contributed by atoms with van der Waals surface area (Å²) in [4.78, 5) is 16.1. The number of carbonyl (C=O) groups excluding carboxylic acids is 1. The molecule has 0 aliphatic rings. The van der Waals surface area contributed by atoms with Crippen LogP contribution < -0.4 is 0 Å². The van der Waals surface area contributed by atoms with Gasteiger partial charge in [-0.3, -0.25) is 14.5 Å². The molecule has 1 amide bonds. The van der Waals surface area contributed by atoms with Crippen molar-refractivity contribution < 1.29 is 4.79 Å². The van der Waals surface area contributed by atoms with Crippen molar-refractivity contribution in [3.8, 4) is 16.8 Å². The van der Waals surface area contributed by atoms with E-state index in [1.54, 1.807) is 28.0 Å². The van der Waals surface area contributed by atoms with Crippen LogP contribution in [0.15, 0.2) is 41.8 Å². The first-order valence-corrected chi connectivity index (χ1v) is 10.3. The third-order valence-corrected chi connectivity index (χ3v) is 5.96. The van der Waals surface area contributed by atoms with Crippen LogP contribution in [0.3, 0.4) is 0 Å². The Hall–Kier alpha value is -2.76. The summed E-state index contributed by atoms with van der Waals surface area (Å²) in [6.45, 7) is 6.35. The summed E-state index contributed by atoms with van der Waals surface area (Å²) in [5, 5.41) is 18.1. The van der Waals surface area contributed by atoms with Gasteiger partial charge >= 0.3 is 0 Å². The molecule has 2 unspecified atom stereocenters. The average Bonchev–Trinajstić information content (AvgIpc) is 3.37. The number of carbonyl (C=O) groups is 1. The van der Waals surface area contributed by atoms with E-state index in [4.69, 9.17) is 17.5 Å². The summed E-state index contributed by atoms with van der Waals surface area (Å²) in [5.74, 6) is 0.637. The summed E-state index contributed by atoms with van der Waals surface area (Å²) in [5.41, 5.74) is 1.58. The number of H-pyrrole nitrogens is 1. The van der Waals surface area contributed by atoms with Crippen molar-refractivity contribution in [3.05, 3.63) is 57.7 Å². The van der Waals surface area contributed by atoms with Gasteiger partial charge in [-0.15, -0.1) is 11.3 Å². The molecule has 28 heavy (non-hydrogen) atoms. The largest absolute Gasteiger partial charge is 0.334 e. The van der Waals surface area contributed by atoms with Crippen LogP contribution in [-0.2, 0) is 4.79 Å². The van der Waals surface area contributed by atoms with Gasteiger partial charge in [0.1, 0.15) is 6.04 Å². The van der Waals surface area contributed by atoms with Gasteiger partial charge < -0.3 is 4.90 Å². The number of nitrogens with one attached hydrogen (secondary N) is 1. The van der Waals surface area contributed by atoms with Crippen LogP contribution in [0.1, 0.15) is 44.0 Å². The fourth-order valence-corrected chi connectivity index (χ4v) is 4.23. The number of thiophene rings is 1. The van der Waals surface area contributed by atoms with Crippen LogP contribution in [0, 0.1) is 16.1 Å². The molecule has 0 aliphatic carbocycles. The van der Waals surface area contributed by atoms with E-state index in [1.807, 2.05) is 55.3 Å². The van der Waals surface area contributed by atoms with Crippen molar-refractivity contribution in [3.63, 3.8) is 0 Å². The zero-order valence-electron chi connectivity index (χ0n) is 15.9. The lowest BCUT2D eigenvalue weighted by atomic mass is 10.0. The highest BCUT2D eigenvalue weighted by atomic mass is 32.1. The molecule has 8 heteroatoms. The van der Waals surface area contributed by atoms with Crippen LogP contribution in [0.25, 0.3) is 10.7 Å². The van der Waals surface area contributed by atoms with E-state index in [1.165, 1.54) is 0 Å². The molecule has 0 spiro atoms. The van der Waals surface area contributed by atoms with Gasteiger partial charge in [-0.05, 0) is 62.1 Å². The Kier molecular flexibility index (Phi) is 6.07. The van der Waals surface area contributed by atoms with E-state index < -0.39 is 6.04 Å². The standard InChI is InChI=1S/C20H21N5OS2/c1-4-24(13(2)16-9-7-15(12-21)8-10-16)19(26)14(3)25-18(22-23-20(25)27)17-6-5-11-28-17/h5-11,13-14H,4H2,1-3H3,(H,23,27). The minimum Gasteiger partial charge on any atom is -0.334 e. The molecule has 0 radical (unpaired) electrons. The first-order valence-electron chi connectivity index (χ1n) is 8.99. The number of rotatable bonds is 6. The lowest BCUT2D eigenvalue weighted by Gasteiger charge is -2.31. The molecular weight excluding hydrogens is 390 g/mol. The Morgan fingerprint density at radius 1 is 1.36 bits per heavy atom. The summed E-state index contributed by atoms with van der Waals surface area (Å²) >= 11 is 6.95. The van der Waals surface area contributed by atoms with E-state index in [-0.39, 0.29) is 11.9 Å². The van der Waals surface area contributed by atoms with Gasteiger partial charge in [-0.1, -0.05) is 18.2 Å². The second kappa shape index (κ2) is 8.50. The maximum absolute atomic E-state index is 13.4. The summed E-state index contributed by atoms with van der Waals surface area (Å²) in [6.07, 6.45) is 0. The van der Waals surface area contributed by atoms with Gasteiger partial charge in [0.25, 0.3) is 0 Å². The Morgan fingerprint density at radius 3 is 2.64 bits per heavy atom. The molecular formula is C20H21N5OS2. The molecule has 0 aliphatic heterocycles. The van der Waals surface area contributed by atoms with Crippen molar-refractivity contribution in [1.82, 2.24) is 19.7 Å². The van der Waals surface area contributed by atoms with Gasteiger partial charge in [-0.25, -0.2) is 0 Å². The second-order valence-electron chi connectivity index (χ2n) is 6.41. The number of nitriles is 1. The molecule has 2 atom stereocenters. The third-order valence-electron chi connectivity index (χ3n) is 4.80. The average molecular weight is 412 g/mol. The predicted molar refractivity (Wildman–Crippen MR) is 112 cm³/mol. The summed E-state index contributed by atoms with van der Waals surface area (Å²) < 4.78 is 2.20. The van der Waals surface area contributed by atoms with Gasteiger partial charge in [0.2, 0.25) is 5.91 Å². The molecule has 3 aromatic rings. The Balaban J connectivity index is 1.90. The number of likely N-dealkylation sites (N-methyl/N-ethyl adjacent to an activating group) is 1. The number of benzene rings is 1. The molecule has 0 fully saturated rings. The number of amides is 1. The minimum atomic E-state index is -0.496. The summed E-state index contributed by atoms with van der Waals surface area (Å²) in [6, 6.07) is 12.7. The van der Waals surface area contributed by atoms with Crippen molar-refractivity contribution in [2.45, 2.75) is 32.9 Å². The van der Waals surface area contributed by atoms with E-state index in [0.717, 1.165) is 10.4 Å². The van der Waals surface area contributed by atoms with Crippen molar-refractivity contribution in [1.29, 1.82) is 5.26 Å². The highest BCUT2D eigenvalue weighted by Crippen LogP contribution is 2.28. The SMILES string of the molecule is CCN(C(=O)C(C)n1c(-c2cccs2)n[nH]c1=S)C(C)c1ccc(C#N)cc1. The normalized spacial score (nSPS) is 12.9. The van der Waals surface area contributed by atoms with E-state index in [2.05, 4.69) is 16.3 Å². The highest BCUT2D eigenvalue weighted by molar-refractivity contribution is 7.71. The lowest BCUT2D eigenvalue weighted by molar-refractivity contribution is -0.136. The number of hydrogen-bond donors (Lipinski definition) is 1. The highest BCUT2D eigenvalue weighted by Gasteiger charge is 2.28. The van der Waals surface area contributed by atoms with Gasteiger partial charge in [-0.2, -0.15) is 10.4 Å². The number of hydrogen-bond acceptors (Lipinski definition) is 5. The minimum absolute atomic E-state index is 0.0327. The van der Waals surface area contributed by atoms with Gasteiger partial charge in [0.15, 0.2) is 10.6 Å². The van der Waals surface area contributed by atoms with Crippen LogP contribution in [0.5, 0.6) is 0 Å². The van der Waals surface area contributed by atoms with E-state index in [9.17, 15) is 4.79 Å². The first-order chi connectivity index (χ1) is 13.5. The molecule has 0 saturated carbocycles. The van der Waals surface area contributed by atoms with Gasteiger partial charge in [0, 0.05) is 6.54 Å². The maximum atomic E-state index is 13.4. The smallest absolute Gasteiger partial charge is 0.246 e. The zero-order valence-corrected chi connectivity index (χ0v) is 17.5. The molecule has 6 nitrogen and oxygen atoms in total. The van der Waals surface area contributed by atoms with Crippen LogP contribution in [-0.4, -0.2) is 32.1 Å². The second-order valence-corrected chi connectivity index (χ2v) is 7.74. The fourth-order valence-electron chi connectivity index (χ4n) is 3.23. The van der Waals surface area contributed by atoms with Crippen molar-refractivity contribution in [2.75, 3.05) is 6.54 Å². The molecule has 3 rings (SSSR count). The zero-order chi connectivity index (χ0) is 20.3. The number of nitrogens with zero attached hydrogens (tertiary/aromatic N) is 4. The third kappa shape index (κ3) is 3.77. The summed E-state index contributed by atoms with van der Waals surface area (Å²) in [7, 11) is 0. The number of aromatic nitrogens is 3. The topological polar surface area (TPSA) is 77.7 Å². The molecule has 0 saturated heterocycles. The molecule has 0 bridgehead atoms. The molecule has 2 aromatic heterocycles. The lowest BCUT2D eigenvalue weighted by Crippen LogP contribution is -2.38. The molecule has 1 N–H and O–H groups in total. The maximum Gasteiger partial charge on any atom is 0.246 e.